The molecule has 0 aliphatic heterocycles. The molecular weight excluding hydrogens is 229 g/mol. The summed E-state index contributed by atoms with van der Waals surface area (Å²) in [6.07, 6.45) is 0.449. The Labute approximate surface area is 101 Å². The fraction of sp³-hybridized carbons (Fsp3) is 0.500. The second kappa shape index (κ2) is 6.18. The quantitative estimate of drug-likeness (QED) is 0.861. The van der Waals surface area contributed by atoms with E-state index >= 15 is 0 Å². The first-order chi connectivity index (χ1) is 7.49. The molecule has 0 saturated carbocycles. The number of aliphatic hydroxyl groups excluding tert-OH is 1. The SMILES string of the molecule is CN(C)CCC(O)Cc1ccc(Cl)cc1F. The van der Waals surface area contributed by atoms with Gasteiger partial charge in [0.05, 0.1) is 6.10 Å². The molecule has 2 nitrogen and oxygen atoms in total. The summed E-state index contributed by atoms with van der Waals surface area (Å²) in [5, 5.41) is 10.1. The fourth-order valence-corrected chi connectivity index (χ4v) is 1.61. The van der Waals surface area contributed by atoms with Crippen molar-refractivity contribution >= 4 is 11.6 Å². The van der Waals surface area contributed by atoms with Gasteiger partial charge in [-0.2, -0.15) is 0 Å². The molecule has 0 saturated heterocycles. The van der Waals surface area contributed by atoms with E-state index in [1.165, 1.54) is 6.07 Å². The largest absolute Gasteiger partial charge is 0.393 e. The van der Waals surface area contributed by atoms with E-state index in [1.54, 1.807) is 12.1 Å². The Balaban J connectivity index is 2.52. The minimum atomic E-state index is -0.516. The molecule has 0 aliphatic carbocycles. The van der Waals surface area contributed by atoms with Gasteiger partial charge in [-0.25, -0.2) is 4.39 Å². The third-order valence-corrected chi connectivity index (χ3v) is 2.62. The molecule has 0 aliphatic rings. The highest BCUT2D eigenvalue weighted by Crippen LogP contribution is 2.16. The number of halogens is 2. The van der Waals surface area contributed by atoms with Crippen LogP contribution in [0, 0.1) is 5.82 Å². The highest BCUT2D eigenvalue weighted by atomic mass is 35.5. The number of hydrogen-bond acceptors (Lipinski definition) is 2. The van der Waals surface area contributed by atoms with Gasteiger partial charge in [0, 0.05) is 11.4 Å². The zero-order chi connectivity index (χ0) is 12.1. The molecule has 4 heteroatoms. The van der Waals surface area contributed by atoms with Crippen molar-refractivity contribution in [1.29, 1.82) is 0 Å². The van der Waals surface area contributed by atoms with Crippen LogP contribution < -0.4 is 0 Å². The average Bonchev–Trinajstić information content (AvgIpc) is 2.19. The van der Waals surface area contributed by atoms with E-state index in [0.717, 1.165) is 6.54 Å². The van der Waals surface area contributed by atoms with E-state index in [4.69, 9.17) is 11.6 Å². The smallest absolute Gasteiger partial charge is 0.127 e. The third kappa shape index (κ3) is 4.47. The first-order valence-electron chi connectivity index (χ1n) is 5.25. The molecule has 1 aromatic carbocycles. The molecule has 0 heterocycles. The van der Waals surface area contributed by atoms with Crippen molar-refractivity contribution in [1.82, 2.24) is 4.90 Å². The van der Waals surface area contributed by atoms with Gasteiger partial charge >= 0.3 is 0 Å². The van der Waals surface area contributed by atoms with Crippen molar-refractivity contribution in [2.24, 2.45) is 0 Å². The molecule has 0 spiro atoms. The number of rotatable bonds is 5. The zero-order valence-corrected chi connectivity index (χ0v) is 10.3. The van der Waals surface area contributed by atoms with Gasteiger partial charge in [0.25, 0.3) is 0 Å². The summed E-state index contributed by atoms with van der Waals surface area (Å²) < 4.78 is 13.4. The van der Waals surface area contributed by atoms with Crippen LogP contribution in [0.4, 0.5) is 4.39 Å². The highest BCUT2D eigenvalue weighted by molar-refractivity contribution is 6.30. The van der Waals surface area contributed by atoms with Crippen molar-refractivity contribution in [3.8, 4) is 0 Å². The average molecular weight is 246 g/mol. The van der Waals surface area contributed by atoms with Crippen LogP contribution in [-0.4, -0.2) is 36.8 Å². The molecule has 1 unspecified atom stereocenters. The molecule has 0 amide bonds. The maximum Gasteiger partial charge on any atom is 0.127 e. The Morgan fingerprint density at radius 2 is 2.12 bits per heavy atom. The molecule has 0 radical (unpaired) electrons. The number of aliphatic hydroxyl groups is 1. The molecule has 16 heavy (non-hydrogen) atoms. The van der Waals surface area contributed by atoms with E-state index in [-0.39, 0.29) is 5.82 Å². The van der Waals surface area contributed by atoms with Crippen molar-refractivity contribution < 1.29 is 9.50 Å². The van der Waals surface area contributed by atoms with Crippen molar-refractivity contribution in [2.75, 3.05) is 20.6 Å². The summed E-state index contributed by atoms with van der Waals surface area (Å²) in [6, 6.07) is 4.53. The Hall–Kier alpha value is -0.640. The van der Waals surface area contributed by atoms with Gasteiger partial charge in [-0.05, 0) is 44.8 Å². The summed E-state index contributed by atoms with van der Waals surface area (Å²) in [7, 11) is 3.88. The van der Waals surface area contributed by atoms with E-state index in [0.29, 0.717) is 23.4 Å². The first kappa shape index (κ1) is 13.4. The maximum absolute atomic E-state index is 13.4. The fourth-order valence-electron chi connectivity index (χ4n) is 1.45. The van der Waals surface area contributed by atoms with Crippen molar-refractivity contribution in [3.63, 3.8) is 0 Å². The zero-order valence-electron chi connectivity index (χ0n) is 9.58. The normalized spacial score (nSPS) is 13.1. The molecule has 0 fully saturated rings. The van der Waals surface area contributed by atoms with Crippen LogP contribution in [-0.2, 0) is 6.42 Å². The van der Waals surface area contributed by atoms with Gasteiger partial charge in [0.15, 0.2) is 0 Å². The Bertz CT molecular complexity index is 344. The van der Waals surface area contributed by atoms with Crippen LogP contribution >= 0.6 is 11.6 Å². The molecule has 90 valence electrons. The van der Waals surface area contributed by atoms with Crippen LogP contribution in [0.5, 0.6) is 0 Å². The van der Waals surface area contributed by atoms with Crippen molar-refractivity contribution in [2.45, 2.75) is 18.9 Å². The molecule has 0 bridgehead atoms. The molecule has 0 aromatic heterocycles. The first-order valence-corrected chi connectivity index (χ1v) is 5.63. The maximum atomic E-state index is 13.4. The second-order valence-electron chi connectivity index (χ2n) is 4.19. The molecule has 1 aromatic rings. The lowest BCUT2D eigenvalue weighted by atomic mass is 10.1. The number of benzene rings is 1. The number of nitrogens with zero attached hydrogens (tertiary/aromatic N) is 1. The summed E-state index contributed by atoms with van der Waals surface area (Å²) in [6.45, 7) is 0.788. The topological polar surface area (TPSA) is 23.5 Å². The highest BCUT2D eigenvalue weighted by Gasteiger charge is 2.10. The molecule has 1 rings (SSSR count). The van der Waals surface area contributed by atoms with Gasteiger partial charge in [0.1, 0.15) is 5.82 Å². The lowest BCUT2D eigenvalue weighted by Crippen LogP contribution is -2.21. The van der Waals surface area contributed by atoms with E-state index in [9.17, 15) is 9.50 Å². The van der Waals surface area contributed by atoms with Gasteiger partial charge in [-0.3, -0.25) is 0 Å². The second-order valence-corrected chi connectivity index (χ2v) is 4.62. The van der Waals surface area contributed by atoms with Crippen LogP contribution in [0.3, 0.4) is 0 Å². The van der Waals surface area contributed by atoms with E-state index in [1.807, 2.05) is 19.0 Å². The summed E-state index contributed by atoms with van der Waals surface area (Å²) in [4.78, 5) is 1.99. The van der Waals surface area contributed by atoms with Gasteiger partial charge in [-0.15, -0.1) is 0 Å². The summed E-state index contributed by atoms with van der Waals surface area (Å²) >= 11 is 5.65. The Morgan fingerprint density at radius 3 is 2.69 bits per heavy atom. The predicted octanol–water partition coefficient (Wildman–Crippen LogP) is 2.33. The Kier molecular flexibility index (Phi) is 5.19. The minimum Gasteiger partial charge on any atom is -0.393 e. The van der Waals surface area contributed by atoms with E-state index < -0.39 is 6.10 Å². The lowest BCUT2D eigenvalue weighted by molar-refractivity contribution is 0.151. The summed E-state index contributed by atoms with van der Waals surface area (Å²) in [5.74, 6) is -0.351. The van der Waals surface area contributed by atoms with E-state index in [2.05, 4.69) is 0 Å². The monoisotopic (exact) mass is 245 g/mol. The lowest BCUT2D eigenvalue weighted by Gasteiger charge is -2.14. The van der Waals surface area contributed by atoms with Crippen LogP contribution in [0.15, 0.2) is 18.2 Å². The van der Waals surface area contributed by atoms with Gasteiger partial charge in [0.2, 0.25) is 0 Å². The third-order valence-electron chi connectivity index (χ3n) is 2.38. The van der Waals surface area contributed by atoms with Crippen LogP contribution in [0.25, 0.3) is 0 Å². The Morgan fingerprint density at radius 1 is 1.44 bits per heavy atom. The predicted molar refractivity (Wildman–Crippen MR) is 64.3 cm³/mol. The molecule has 1 atom stereocenters. The molecular formula is C12H17ClFNO. The molecule has 1 N–H and O–H groups in total. The van der Waals surface area contributed by atoms with Crippen LogP contribution in [0.1, 0.15) is 12.0 Å². The summed E-state index contributed by atoms with van der Waals surface area (Å²) in [5.41, 5.74) is 0.510. The number of hydrogen-bond donors (Lipinski definition) is 1. The standard InChI is InChI=1S/C12H17ClFNO/c1-15(2)6-5-11(16)7-9-3-4-10(13)8-12(9)14/h3-4,8,11,16H,5-7H2,1-2H3. The van der Waals surface area contributed by atoms with Gasteiger partial charge < -0.3 is 10.0 Å². The minimum absolute atomic E-state index is 0.330. The van der Waals surface area contributed by atoms with Gasteiger partial charge in [-0.1, -0.05) is 17.7 Å². The van der Waals surface area contributed by atoms with Crippen molar-refractivity contribution in [3.05, 3.63) is 34.6 Å². The van der Waals surface area contributed by atoms with Crippen LogP contribution in [0.2, 0.25) is 5.02 Å².